The molecular weight excluding hydrogens is 334 g/mol. The van der Waals surface area contributed by atoms with E-state index in [1.54, 1.807) is 6.20 Å². The smallest absolute Gasteiger partial charge is 0.223 e. The Hall–Kier alpha value is -1.79. The van der Waals surface area contributed by atoms with E-state index in [9.17, 15) is 4.79 Å². The quantitative estimate of drug-likeness (QED) is 0.713. The Morgan fingerprint density at radius 3 is 2.96 bits per heavy atom. The average molecular weight is 359 g/mol. The minimum absolute atomic E-state index is 0.0170. The highest BCUT2D eigenvalue weighted by molar-refractivity contribution is 7.98. The first kappa shape index (κ1) is 18.0. The van der Waals surface area contributed by atoms with Crippen molar-refractivity contribution in [3.05, 3.63) is 54.4 Å². The van der Waals surface area contributed by atoms with Crippen LogP contribution in [0.2, 0.25) is 0 Å². The summed E-state index contributed by atoms with van der Waals surface area (Å²) in [5, 5.41) is 4.23. The first-order valence-electron chi connectivity index (χ1n) is 8.80. The molecule has 0 aliphatic carbocycles. The maximum Gasteiger partial charge on any atom is 0.223 e. The van der Waals surface area contributed by atoms with Crippen LogP contribution in [0.1, 0.15) is 18.4 Å². The van der Waals surface area contributed by atoms with Crippen molar-refractivity contribution in [2.24, 2.45) is 0 Å². The van der Waals surface area contributed by atoms with Gasteiger partial charge in [0.15, 0.2) is 0 Å². The topological polar surface area (TPSA) is 47.4 Å². The van der Waals surface area contributed by atoms with E-state index in [1.807, 2.05) is 39.7 Å². The van der Waals surface area contributed by atoms with Crippen LogP contribution in [-0.2, 0) is 21.8 Å². The summed E-state index contributed by atoms with van der Waals surface area (Å²) in [5.41, 5.74) is 1.31. The summed E-state index contributed by atoms with van der Waals surface area (Å²) in [7, 11) is 0. The standard InChI is InChI=1S/C19H25N3O2S/c23-19(8-13-25-16-17-6-2-1-3-7-17)21-10-5-12-24-18(14-21)15-22-11-4-9-20-22/h1-4,6-7,9,11,18H,5,8,10,12-16H2/t18-/m1/s1. The predicted octanol–water partition coefficient (Wildman–Crippen LogP) is 2.82. The SMILES string of the molecule is O=C(CCSCc1ccccc1)N1CCCO[C@@H](Cn2cccn2)C1. The van der Waals surface area contributed by atoms with Crippen molar-refractivity contribution < 1.29 is 9.53 Å². The van der Waals surface area contributed by atoms with E-state index < -0.39 is 0 Å². The van der Waals surface area contributed by atoms with E-state index in [-0.39, 0.29) is 12.0 Å². The fraction of sp³-hybridized carbons (Fsp3) is 0.474. The largest absolute Gasteiger partial charge is 0.374 e. The highest BCUT2D eigenvalue weighted by atomic mass is 32.2. The van der Waals surface area contributed by atoms with Crippen LogP contribution in [0.15, 0.2) is 48.8 Å². The van der Waals surface area contributed by atoms with E-state index >= 15 is 0 Å². The van der Waals surface area contributed by atoms with Gasteiger partial charge < -0.3 is 9.64 Å². The maximum atomic E-state index is 12.5. The van der Waals surface area contributed by atoms with Crippen LogP contribution < -0.4 is 0 Å². The predicted molar refractivity (Wildman–Crippen MR) is 100 cm³/mol. The Kier molecular flexibility index (Phi) is 6.94. The fourth-order valence-corrected chi connectivity index (χ4v) is 3.82. The van der Waals surface area contributed by atoms with Gasteiger partial charge in [-0.25, -0.2) is 0 Å². The molecule has 0 N–H and O–H groups in total. The molecular formula is C19H25N3O2S. The number of rotatable bonds is 7. The number of nitrogens with zero attached hydrogens (tertiary/aromatic N) is 3. The Labute approximate surface area is 153 Å². The Morgan fingerprint density at radius 1 is 1.28 bits per heavy atom. The molecule has 1 amide bonds. The summed E-state index contributed by atoms with van der Waals surface area (Å²) in [6, 6.07) is 12.3. The lowest BCUT2D eigenvalue weighted by Crippen LogP contribution is -2.38. The van der Waals surface area contributed by atoms with Crippen molar-refractivity contribution in [3.63, 3.8) is 0 Å². The average Bonchev–Trinajstić information content (AvgIpc) is 3.03. The number of benzene rings is 1. The number of carbonyl (C=O) groups excluding carboxylic acids is 1. The van der Waals surface area contributed by atoms with E-state index in [1.165, 1.54) is 5.56 Å². The number of hydrogen-bond acceptors (Lipinski definition) is 4. The number of carbonyl (C=O) groups is 1. The first-order valence-corrected chi connectivity index (χ1v) is 9.95. The first-order chi connectivity index (χ1) is 12.3. The molecule has 2 aromatic rings. The Balaban J connectivity index is 1.42. The molecule has 25 heavy (non-hydrogen) atoms. The lowest BCUT2D eigenvalue weighted by atomic mass is 10.2. The molecule has 0 bridgehead atoms. The van der Waals surface area contributed by atoms with E-state index in [4.69, 9.17) is 4.74 Å². The normalized spacial score (nSPS) is 18.1. The lowest BCUT2D eigenvalue weighted by molar-refractivity contribution is -0.131. The molecule has 1 atom stereocenters. The van der Waals surface area contributed by atoms with Crippen LogP contribution in [0, 0.1) is 0 Å². The highest BCUT2D eigenvalue weighted by Gasteiger charge is 2.22. The molecule has 1 aromatic heterocycles. The number of hydrogen-bond donors (Lipinski definition) is 0. The molecule has 1 saturated heterocycles. The third-order valence-electron chi connectivity index (χ3n) is 4.22. The monoisotopic (exact) mass is 359 g/mol. The van der Waals surface area contributed by atoms with Crippen LogP contribution in [0.4, 0.5) is 0 Å². The number of ether oxygens (including phenoxy) is 1. The molecule has 1 fully saturated rings. The molecule has 0 radical (unpaired) electrons. The van der Waals surface area contributed by atoms with Gasteiger partial charge >= 0.3 is 0 Å². The summed E-state index contributed by atoms with van der Waals surface area (Å²) in [5.74, 6) is 2.05. The van der Waals surface area contributed by atoms with Gasteiger partial charge in [0, 0.05) is 50.0 Å². The van der Waals surface area contributed by atoms with Gasteiger partial charge in [0.1, 0.15) is 0 Å². The molecule has 0 spiro atoms. The third-order valence-corrected chi connectivity index (χ3v) is 5.25. The second kappa shape index (κ2) is 9.63. The molecule has 0 unspecified atom stereocenters. The molecule has 1 aromatic carbocycles. The summed E-state index contributed by atoms with van der Waals surface area (Å²) < 4.78 is 7.75. The van der Waals surface area contributed by atoms with Gasteiger partial charge in [-0.15, -0.1) is 0 Å². The molecule has 5 nitrogen and oxygen atoms in total. The minimum atomic E-state index is 0.0170. The van der Waals surface area contributed by atoms with E-state index in [0.29, 0.717) is 26.1 Å². The van der Waals surface area contributed by atoms with E-state index in [0.717, 1.165) is 24.5 Å². The van der Waals surface area contributed by atoms with Gasteiger partial charge in [0.2, 0.25) is 5.91 Å². The summed E-state index contributed by atoms with van der Waals surface area (Å²) in [4.78, 5) is 14.5. The van der Waals surface area contributed by atoms with Crippen molar-refractivity contribution in [3.8, 4) is 0 Å². The van der Waals surface area contributed by atoms with Crippen LogP contribution in [0.5, 0.6) is 0 Å². The van der Waals surface area contributed by atoms with Crippen molar-refractivity contribution in [2.75, 3.05) is 25.4 Å². The van der Waals surface area contributed by atoms with Gasteiger partial charge in [-0.1, -0.05) is 30.3 Å². The van der Waals surface area contributed by atoms with Crippen molar-refractivity contribution in [1.29, 1.82) is 0 Å². The molecule has 1 aliphatic rings. The van der Waals surface area contributed by atoms with Gasteiger partial charge in [0.25, 0.3) is 0 Å². The molecule has 0 saturated carbocycles. The fourth-order valence-electron chi connectivity index (χ4n) is 2.93. The summed E-state index contributed by atoms with van der Waals surface area (Å²) in [6.45, 7) is 2.85. The summed E-state index contributed by atoms with van der Waals surface area (Å²) >= 11 is 1.82. The number of thioether (sulfide) groups is 1. The van der Waals surface area contributed by atoms with Crippen LogP contribution in [0.25, 0.3) is 0 Å². The molecule has 3 rings (SSSR count). The lowest BCUT2D eigenvalue weighted by Gasteiger charge is -2.24. The Bertz CT molecular complexity index is 633. The zero-order chi connectivity index (χ0) is 17.3. The minimum Gasteiger partial charge on any atom is -0.374 e. The van der Waals surface area contributed by atoms with Gasteiger partial charge in [-0.2, -0.15) is 16.9 Å². The zero-order valence-electron chi connectivity index (χ0n) is 14.4. The summed E-state index contributed by atoms with van der Waals surface area (Å²) in [6.07, 6.45) is 5.21. The Morgan fingerprint density at radius 2 is 2.16 bits per heavy atom. The van der Waals surface area contributed by atoms with Crippen molar-refractivity contribution >= 4 is 17.7 Å². The van der Waals surface area contributed by atoms with Gasteiger partial charge in [-0.3, -0.25) is 9.48 Å². The van der Waals surface area contributed by atoms with E-state index in [2.05, 4.69) is 29.4 Å². The van der Waals surface area contributed by atoms with Crippen molar-refractivity contribution in [1.82, 2.24) is 14.7 Å². The molecule has 134 valence electrons. The molecule has 6 heteroatoms. The van der Waals surface area contributed by atoms with Gasteiger partial charge in [-0.05, 0) is 18.1 Å². The van der Waals surface area contributed by atoms with Crippen LogP contribution in [0.3, 0.4) is 0 Å². The number of amides is 1. The third kappa shape index (κ3) is 5.90. The molecule has 2 heterocycles. The van der Waals surface area contributed by atoms with Gasteiger partial charge in [0.05, 0.1) is 12.6 Å². The molecule has 1 aliphatic heterocycles. The highest BCUT2D eigenvalue weighted by Crippen LogP contribution is 2.15. The zero-order valence-corrected chi connectivity index (χ0v) is 15.2. The number of aromatic nitrogens is 2. The second-order valence-electron chi connectivity index (χ2n) is 6.20. The maximum absolute atomic E-state index is 12.5. The van der Waals surface area contributed by atoms with Crippen molar-refractivity contribution in [2.45, 2.75) is 31.2 Å². The van der Waals surface area contributed by atoms with Crippen LogP contribution in [-0.4, -0.2) is 52.1 Å². The second-order valence-corrected chi connectivity index (χ2v) is 7.31. The van der Waals surface area contributed by atoms with Crippen LogP contribution >= 0.6 is 11.8 Å².